The summed E-state index contributed by atoms with van der Waals surface area (Å²) < 4.78 is 28.3. The minimum absolute atomic E-state index is 0.0258. The summed E-state index contributed by atoms with van der Waals surface area (Å²) in [6.45, 7) is 2.36. The number of pyridine rings is 1. The van der Waals surface area contributed by atoms with Crippen molar-refractivity contribution in [2.75, 3.05) is 19.7 Å². The number of amides is 2. The summed E-state index contributed by atoms with van der Waals surface area (Å²) in [5, 5.41) is 12.2. The smallest absolute Gasteiger partial charge is 0.387 e. The zero-order valence-electron chi connectivity index (χ0n) is 13.1. The second-order valence-corrected chi connectivity index (χ2v) is 6.12. The molecule has 0 aliphatic carbocycles. The summed E-state index contributed by atoms with van der Waals surface area (Å²) in [6, 6.07) is 2.66. The molecule has 2 rings (SSSR count). The Labute approximate surface area is 133 Å². The van der Waals surface area contributed by atoms with E-state index in [0.29, 0.717) is 18.8 Å². The predicted molar refractivity (Wildman–Crippen MR) is 79.0 cm³/mol. The minimum atomic E-state index is -2.89. The number of hydrogen-bond acceptors (Lipinski definition) is 4. The number of aromatic nitrogens is 1. The Morgan fingerprint density at radius 2 is 2.35 bits per heavy atom. The van der Waals surface area contributed by atoms with E-state index in [-0.39, 0.29) is 36.3 Å². The van der Waals surface area contributed by atoms with Gasteiger partial charge in [0.2, 0.25) is 0 Å². The molecule has 0 saturated carbocycles. The number of hydrogen-bond donors (Lipinski definition) is 2. The Kier molecular flexibility index (Phi) is 5.35. The number of rotatable bonds is 5. The van der Waals surface area contributed by atoms with Crippen molar-refractivity contribution in [2.45, 2.75) is 27.0 Å². The van der Waals surface area contributed by atoms with E-state index in [9.17, 15) is 18.7 Å². The molecule has 23 heavy (non-hydrogen) atoms. The van der Waals surface area contributed by atoms with Gasteiger partial charge in [0.15, 0.2) is 0 Å². The monoisotopic (exact) mass is 329 g/mol. The van der Waals surface area contributed by atoms with Gasteiger partial charge in [-0.05, 0) is 18.1 Å². The van der Waals surface area contributed by atoms with Crippen molar-refractivity contribution >= 4 is 6.03 Å². The van der Waals surface area contributed by atoms with E-state index < -0.39 is 6.61 Å². The van der Waals surface area contributed by atoms with Crippen molar-refractivity contribution in [1.29, 1.82) is 0 Å². The van der Waals surface area contributed by atoms with Crippen molar-refractivity contribution in [3.63, 3.8) is 0 Å². The largest absolute Gasteiger partial charge is 0.433 e. The lowest BCUT2D eigenvalue weighted by atomic mass is 9.82. The number of likely N-dealkylation sites (tertiary alicyclic amines) is 1. The summed E-state index contributed by atoms with van der Waals surface area (Å²) >= 11 is 0. The highest BCUT2D eigenvalue weighted by Crippen LogP contribution is 2.34. The van der Waals surface area contributed by atoms with Gasteiger partial charge in [-0.1, -0.05) is 13.8 Å². The first-order valence-electron chi connectivity index (χ1n) is 7.37. The highest BCUT2D eigenvalue weighted by atomic mass is 19.3. The number of halogens is 2. The van der Waals surface area contributed by atoms with Gasteiger partial charge in [-0.15, -0.1) is 0 Å². The molecule has 0 aromatic carbocycles. The Balaban J connectivity index is 1.85. The van der Waals surface area contributed by atoms with Crippen LogP contribution in [0.5, 0.6) is 5.75 Å². The van der Waals surface area contributed by atoms with E-state index in [4.69, 9.17) is 0 Å². The molecule has 2 unspecified atom stereocenters. The van der Waals surface area contributed by atoms with Crippen molar-refractivity contribution in [1.82, 2.24) is 15.2 Å². The first-order valence-corrected chi connectivity index (χ1v) is 7.37. The Bertz CT molecular complexity index is 541. The standard InChI is InChI=1S/C15H21F2N3O3/c1-10-7-20(8-15(10,2)9-21)14(22)19-5-11-3-4-12(6-18-11)23-13(16)17/h3-4,6,10,13,21H,5,7-9H2,1-2H3,(H,19,22). The van der Waals surface area contributed by atoms with E-state index in [1.54, 1.807) is 4.90 Å². The second kappa shape index (κ2) is 7.08. The van der Waals surface area contributed by atoms with Crippen molar-refractivity contribution in [3.8, 4) is 5.75 Å². The number of aliphatic hydroxyl groups is 1. The van der Waals surface area contributed by atoms with Crippen LogP contribution in [0.3, 0.4) is 0 Å². The van der Waals surface area contributed by atoms with E-state index in [1.165, 1.54) is 18.3 Å². The normalized spacial score (nSPS) is 24.1. The molecule has 1 fully saturated rings. The van der Waals surface area contributed by atoms with Crippen LogP contribution in [0.25, 0.3) is 0 Å². The molecule has 1 aromatic heterocycles. The van der Waals surface area contributed by atoms with Crippen LogP contribution in [-0.4, -0.2) is 47.3 Å². The van der Waals surface area contributed by atoms with Gasteiger partial charge < -0.3 is 20.1 Å². The van der Waals surface area contributed by atoms with Crippen LogP contribution in [0.2, 0.25) is 0 Å². The zero-order chi connectivity index (χ0) is 17.0. The van der Waals surface area contributed by atoms with Crippen LogP contribution in [0.15, 0.2) is 18.3 Å². The quantitative estimate of drug-likeness (QED) is 0.864. The Hall–Kier alpha value is -1.96. The summed E-state index contributed by atoms with van der Waals surface area (Å²) in [6.07, 6.45) is 1.19. The van der Waals surface area contributed by atoms with Gasteiger partial charge in [-0.25, -0.2) is 4.79 Å². The lowest BCUT2D eigenvalue weighted by molar-refractivity contribution is -0.0500. The number of carbonyl (C=O) groups is 1. The number of ether oxygens (including phenoxy) is 1. The number of aliphatic hydroxyl groups excluding tert-OH is 1. The molecule has 0 radical (unpaired) electrons. The topological polar surface area (TPSA) is 74.7 Å². The third-order valence-electron chi connectivity index (χ3n) is 4.33. The fraction of sp³-hybridized carbons (Fsp3) is 0.600. The highest BCUT2D eigenvalue weighted by Gasteiger charge is 2.41. The Morgan fingerprint density at radius 3 is 2.87 bits per heavy atom. The molecule has 1 saturated heterocycles. The lowest BCUT2D eigenvalue weighted by Gasteiger charge is -2.25. The number of urea groups is 1. The third kappa shape index (κ3) is 4.28. The van der Waals surface area contributed by atoms with Crippen molar-refractivity contribution < 1.29 is 23.4 Å². The fourth-order valence-electron chi connectivity index (χ4n) is 2.53. The summed E-state index contributed by atoms with van der Waals surface area (Å²) in [5.74, 6) is 0.185. The molecule has 8 heteroatoms. The van der Waals surface area contributed by atoms with Crippen LogP contribution < -0.4 is 10.1 Å². The van der Waals surface area contributed by atoms with Gasteiger partial charge in [-0.3, -0.25) is 4.98 Å². The highest BCUT2D eigenvalue weighted by molar-refractivity contribution is 5.74. The van der Waals surface area contributed by atoms with Crippen molar-refractivity contribution in [2.24, 2.45) is 11.3 Å². The molecule has 1 aliphatic heterocycles. The van der Waals surface area contributed by atoms with Crippen LogP contribution in [-0.2, 0) is 6.54 Å². The maximum atomic E-state index is 12.2. The van der Waals surface area contributed by atoms with Gasteiger partial charge in [0, 0.05) is 18.5 Å². The molecule has 0 spiro atoms. The molecule has 2 heterocycles. The van der Waals surface area contributed by atoms with Crippen LogP contribution in [0, 0.1) is 11.3 Å². The molecule has 128 valence electrons. The molecule has 0 bridgehead atoms. The predicted octanol–water partition coefficient (Wildman–Crippen LogP) is 1.84. The summed E-state index contributed by atoms with van der Waals surface area (Å²) in [7, 11) is 0. The maximum absolute atomic E-state index is 12.2. The number of nitrogens with zero attached hydrogens (tertiary/aromatic N) is 2. The van der Waals surface area contributed by atoms with E-state index in [2.05, 4.69) is 15.0 Å². The SMILES string of the molecule is CC1CN(C(=O)NCc2ccc(OC(F)F)cn2)CC1(C)CO. The molecule has 1 aromatic rings. The van der Waals surface area contributed by atoms with Crippen LogP contribution in [0.1, 0.15) is 19.5 Å². The number of carbonyl (C=O) groups excluding carboxylic acids is 1. The average molecular weight is 329 g/mol. The molecule has 2 atom stereocenters. The number of alkyl halides is 2. The van der Waals surface area contributed by atoms with Crippen LogP contribution >= 0.6 is 0 Å². The molecule has 6 nitrogen and oxygen atoms in total. The van der Waals surface area contributed by atoms with Gasteiger partial charge in [0.25, 0.3) is 0 Å². The second-order valence-electron chi connectivity index (χ2n) is 6.12. The average Bonchev–Trinajstić information content (AvgIpc) is 2.82. The molecule has 2 N–H and O–H groups in total. The molecular weight excluding hydrogens is 308 g/mol. The van der Waals surface area contributed by atoms with Crippen molar-refractivity contribution in [3.05, 3.63) is 24.0 Å². The van der Waals surface area contributed by atoms with Gasteiger partial charge in [0.1, 0.15) is 5.75 Å². The van der Waals surface area contributed by atoms with E-state index in [1.807, 2.05) is 13.8 Å². The first kappa shape index (κ1) is 17.4. The molecular formula is C15H21F2N3O3. The minimum Gasteiger partial charge on any atom is -0.433 e. The van der Waals surface area contributed by atoms with Gasteiger partial charge in [-0.2, -0.15) is 8.78 Å². The Morgan fingerprint density at radius 1 is 1.61 bits per heavy atom. The lowest BCUT2D eigenvalue weighted by Crippen LogP contribution is -2.39. The molecule has 1 aliphatic rings. The number of nitrogens with one attached hydrogen (secondary N) is 1. The zero-order valence-corrected chi connectivity index (χ0v) is 13.1. The van der Waals surface area contributed by atoms with Gasteiger partial charge >= 0.3 is 12.6 Å². The van der Waals surface area contributed by atoms with E-state index >= 15 is 0 Å². The van der Waals surface area contributed by atoms with E-state index in [0.717, 1.165) is 0 Å². The van der Waals surface area contributed by atoms with Gasteiger partial charge in [0.05, 0.1) is 25.0 Å². The summed E-state index contributed by atoms with van der Waals surface area (Å²) in [5.41, 5.74) is 0.251. The fourth-order valence-corrected chi connectivity index (χ4v) is 2.53. The summed E-state index contributed by atoms with van der Waals surface area (Å²) in [4.78, 5) is 17.8. The molecule has 2 amide bonds. The maximum Gasteiger partial charge on any atom is 0.387 e. The third-order valence-corrected chi connectivity index (χ3v) is 4.33. The van der Waals surface area contributed by atoms with Crippen LogP contribution in [0.4, 0.5) is 13.6 Å². The first-order chi connectivity index (χ1) is 10.8.